The van der Waals surface area contributed by atoms with Gasteiger partial charge in [-0.3, -0.25) is 0 Å². The van der Waals surface area contributed by atoms with Crippen molar-refractivity contribution in [3.05, 3.63) is 60.4 Å². The Kier molecular flexibility index (Phi) is 4.80. The number of hydrogen-bond donors (Lipinski definition) is 0. The summed E-state index contributed by atoms with van der Waals surface area (Å²) < 4.78 is 7.70. The first-order chi connectivity index (χ1) is 7.36. The number of halogens is 1. The predicted molar refractivity (Wildman–Crippen MR) is 58.4 cm³/mol. The average molecular weight is 236 g/mol. The zero-order valence-electron chi connectivity index (χ0n) is 9.14. The fourth-order valence-corrected chi connectivity index (χ4v) is 1.37. The van der Waals surface area contributed by atoms with Crippen LogP contribution in [0.25, 0.3) is 0 Å². The van der Waals surface area contributed by atoms with E-state index in [9.17, 15) is 0 Å². The summed E-state index contributed by atoms with van der Waals surface area (Å²) in [5.41, 5.74) is 1.19. The molecule has 2 aromatic rings. The first-order valence-electron chi connectivity index (χ1n) is 4.99. The molecule has 0 aliphatic heterocycles. The van der Waals surface area contributed by atoms with Crippen molar-refractivity contribution in [1.29, 1.82) is 0 Å². The third-order valence-electron chi connectivity index (χ3n) is 2.28. The van der Waals surface area contributed by atoms with Crippen molar-refractivity contribution in [3.8, 4) is 5.75 Å². The van der Waals surface area contributed by atoms with Gasteiger partial charge in [0, 0.05) is 19.1 Å². The number of ether oxygens (including phenoxy) is 1. The van der Waals surface area contributed by atoms with Crippen LogP contribution in [0.2, 0.25) is 0 Å². The number of para-hydroxylation sites is 1. The molecule has 0 fully saturated rings. The Labute approximate surface area is 102 Å². The number of pyridine rings is 1. The highest BCUT2D eigenvalue weighted by Crippen LogP contribution is 2.07. The van der Waals surface area contributed by atoms with Gasteiger partial charge in [-0.25, -0.2) is 0 Å². The van der Waals surface area contributed by atoms with Gasteiger partial charge >= 0.3 is 0 Å². The Morgan fingerprint density at radius 2 is 1.69 bits per heavy atom. The minimum atomic E-state index is 0. The lowest BCUT2D eigenvalue weighted by atomic mass is 10.3. The average Bonchev–Trinajstić information content (AvgIpc) is 2.29. The molecule has 1 heterocycles. The van der Waals surface area contributed by atoms with Crippen LogP contribution in [0.15, 0.2) is 54.7 Å². The van der Waals surface area contributed by atoms with Gasteiger partial charge in [0.25, 0.3) is 6.73 Å². The van der Waals surface area contributed by atoms with Crippen molar-refractivity contribution >= 4 is 0 Å². The zero-order valence-corrected chi connectivity index (χ0v) is 9.89. The molecule has 0 aliphatic rings. The van der Waals surface area contributed by atoms with Gasteiger partial charge in [0.05, 0.1) is 0 Å². The first kappa shape index (κ1) is 12.5. The normalized spacial score (nSPS) is 9.31. The zero-order chi connectivity index (χ0) is 10.5. The molecule has 1 aromatic carbocycles. The minimum Gasteiger partial charge on any atom is -1.00 e. The highest BCUT2D eigenvalue weighted by Gasteiger charge is 2.03. The summed E-state index contributed by atoms with van der Waals surface area (Å²) in [5.74, 6) is 0.897. The molecule has 0 saturated heterocycles. The van der Waals surface area contributed by atoms with Crippen LogP contribution >= 0.6 is 0 Å². The van der Waals surface area contributed by atoms with Crippen molar-refractivity contribution in [3.63, 3.8) is 0 Å². The minimum absolute atomic E-state index is 0. The van der Waals surface area contributed by atoms with Gasteiger partial charge in [-0.05, 0) is 12.1 Å². The second-order valence-corrected chi connectivity index (χ2v) is 3.40. The Morgan fingerprint density at radius 1 is 1.00 bits per heavy atom. The Morgan fingerprint density at radius 3 is 2.38 bits per heavy atom. The molecular weight excluding hydrogens is 222 g/mol. The Hall–Kier alpha value is -1.54. The second-order valence-electron chi connectivity index (χ2n) is 3.40. The molecule has 0 N–H and O–H groups in total. The molecule has 1 aromatic heterocycles. The summed E-state index contributed by atoms with van der Waals surface area (Å²) in [7, 11) is 0. The van der Waals surface area contributed by atoms with Crippen LogP contribution in [0.5, 0.6) is 5.75 Å². The number of aromatic nitrogens is 1. The predicted octanol–water partition coefficient (Wildman–Crippen LogP) is -0.677. The Bertz CT molecular complexity index is 431. The van der Waals surface area contributed by atoms with Crippen molar-refractivity contribution in [2.45, 2.75) is 13.7 Å². The van der Waals surface area contributed by atoms with E-state index in [-0.39, 0.29) is 12.4 Å². The van der Waals surface area contributed by atoms with Crippen LogP contribution in [-0.4, -0.2) is 0 Å². The summed E-state index contributed by atoms with van der Waals surface area (Å²) in [6.45, 7) is 2.62. The molecule has 0 bridgehead atoms. The molecule has 0 saturated carbocycles. The van der Waals surface area contributed by atoms with Crippen molar-refractivity contribution < 1.29 is 21.7 Å². The molecule has 0 spiro atoms. The van der Waals surface area contributed by atoms with E-state index >= 15 is 0 Å². The maximum Gasteiger partial charge on any atom is 0.292 e. The van der Waals surface area contributed by atoms with E-state index in [0.29, 0.717) is 6.73 Å². The van der Waals surface area contributed by atoms with Gasteiger partial charge in [-0.15, -0.1) is 0 Å². The van der Waals surface area contributed by atoms with Crippen LogP contribution < -0.4 is 21.7 Å². The lowest BCUT2D eigenvalue weighted by molar-refractivity contribution is -0.729. The fraction of sp³-hybridized carbons (Fsp3) is 0.154. The van der Waals surface area contributed by atoms with E-state index in [4.69, 9.17) is 4.74 Å². The van der Waals surface area contributed by atoms with Crippen molar-refractivity contribution in [2.24, 2.45) is 0 Å². The van der Waals surface area contributed by atoms with Gasteiger partial charge in [-0.1, -0.05) is 24.3 Å². The molecule has 0 atom stereocenters. The van der Waals surface area contributed by atoms with Gasteiger partial charge < -0.3 is 17.1 Å². The van der Waals surface area contributed by atoms with Gasteiger partial charge in [0.1, 0.15) is 5.75 Å². The number of benzene rings is 1. The van der Waals surface area contributed by atoms with Crippen LogP contribution in [0, 0.1) is 6.92 Å². The molecule has 0 radical (unpaired) electrons. The van der Waals surface area contributed by atoms with Gasteiger partial charge in [-0.2, -0.15) is 4.57 Å². The lowest BCUT2D eigenvalue weighted by Crippen LogP contribution is -3.00. The first-order valence-corrected chi connectivity index (χ1v) is 4.99. The largest absolute Gasteiger partial charge is 1.00 e. The summed E-state index contributed by atoms with van der Waals surface area (Å²) in [4.78, 5) is 0. The quantitative estimate of drug-likeness (QED) is 0.643. The van der Waals surface area contributed by atoms with Crippen LogP contribution in [0.1, 0.15) is 5.69 Å². The third kappa shape index (κ3) is 3.24. The summed E-state index contributed by atoms with van der Waals surface area (Å²) in [5, 5.41) is 0. The van der Waals surface area contributed by atoms with Crippen LogP contribution in [-0.2, 0) is 6.73 Å². The van der Waals surface area contributed by atoms with Crippen LogP contribution in [0.3, 0.4) is 0 Å². The van der Waals surface area contributed by atoms with Crippen molar-refractivity contribution in [2.75, 3.05) is 0 Å². The number of nitrogens with zero attached hydrogens (tertiary/aromatic N) is 1. The SMILES string of the molecule is Cc1cccc[n+]1COc1ccccc1.[Cl-]. The lowest BCUT2D eigenvalue weighted by Gasteiger charge is -2.03. The van der Waals surface area contributed by atoms with E-state index in [1.54, 1.807) is 0 Å². The maximum atomic E-state index is 5.64. The van der Waals surface area contributed by atoms with Gasteiger partial charge in [0.2, 0.25) is 0 Å². The third-order valence-corrected chi connectivity index (χ3v) is 2.28. The topological polar surface area (TPSA) is 13.1 Å². The fourth-order valence-electron chi connectivity index (χ4n) is 1.37. The monoisotopic (exact) mass is 235 g/mol. The standard InChI is InChI=1S/C13H14NO.ClH/c1-12-7-5-6-10-14(12)11-15-13-8-3-2-4-9-13;/h2-10H,11H2,1H3;1H/q+1;/p-1. The molecule has 16 heavy (non-hydrogen) atoms. The van der Waals surface area contributed by atoms with E-state index < -0.39 is 0 Å². The van der Waals surface area contributed by atoms with Crippen molar-refractivity contribution in [1.82, 2.24) is 0 Å². The summed E-state index contributed by atoms with van der Waals surface area (Å²) in [6, 6.07) is 15.9. The number of aryl methyl sites for hydroxylation is 1. The Balaban J connectivity index is 0.00000128. The van der Waals surface area contributed by atoms with E-state index in [1.165, 1.54) is 5.69 Å². The van der Waals surface area contributed by atoms with Crippen LogP contribution in [0.4, 0.5) is 0 Å². The number of rotatable bonds is 3. The van der Waals surface area contributed by atoms with E-state index in [0.717, 1.165) is 5.75 Å². The molecule has 0 unspecified atom stereocenters. The smallest absolute Gasteiger partial charge is 0.292 e. The molecule has 84 valence electrons. The second kappa shape index (κ2) is 6.13. The molecule has 0 aliphatic carbocycles. The summed E-state index contributed by atoms with van der Waals surface area (Å²) >= 11 is 0. The van der Waals surface area contributed by atoms with E-state index in [2.05, 4.69) is 17.6 Å². The molecule has 2 rings (SSSR count). The number of hydrogen-bond acceptors (Lipinski definition) is 1. The maximum absolute atomic E-state index is 5.64. The van der Waals surface area contributed by atoms with Gasteiger partial charge in [0.15, 0.2) is 11.9 Å². The van der Waals surface area contributed by atoms with E-state index in [1.807, 2.05) is 48.7 Å². The summed E-state index contributed by atoms with van der Waals surface area (Å²) in [6.07, 6.45) is 2.01. The highest BCUT2D eigenvalue weighted by atomic mass is 35.5. The molecular formula is C13H14ClNO. The molecule has 0 amide bonds. The molecule has 3 heteroatoms. The highest BCUT2D eigenvalue weighted by molar-refractivity contribution is 5.20. The molecule has 2 nitrogen and oxygen atoms in total.